The molecule has 0 saturated carbocycles. The van der Waals surface area contributed by atoms with Gasteiger partial charge in [0, 0.05) is 5.69 Å². The number of rotatable bonds is 7. The highest BCUT2D eigenvalue weighted by Crippen LogP contribution is 2.14. The number of amides is 1. The molecule has 0 aromatic heterocycles. The molecule has 0 radical (unpaired) electrons. The SMILES string of the molecule is O=C(Nc1cccc(F)c1)[C@@H](Cc1ccccc1)NS(=O)(=O)c1ccc(F)cc1. The van der Waals surface area contributed by atoms with Gasteiger partial charge < -0.3 is 5.32 Å². The Morgan fingerprint density at radius 1 is 0.862 bits per heavy atom. The van der Waals surface area contributed by atoms with Crippen LogP contribution >= 0.6 is 0 Å². The van der Waals surface area contributed by atoms with Gasteiger partial charge >= 0.3 is 0 Å². The van der Waals surface area contributed by atoms with E-state index in [1.54, 1.807) is 30.3 Å². The van der Waals surface area contributed by atoms with Crippen molar-refractivity contribution in [3.05, 3.63) is 96.1 Å². The van der Waals surface area contributed by atoms with Crippen LogP contribution in [0.4, 0.5) is 14.5 Å². The summed E-state index contributed by atoms with van der Waals surface area (Å²) in [6.45, 7) is 0. The molecule has 8 heteroatoms. The van der Waals surface area contributed by atoms with Crippen LogP contribution in [0.1, 0.15) is 5.56 Å². The third-order valence-corrected chi connectivity index (χ3v) is 5.60. The van der Waals surface area contributed by atoms with E-state index in [1.165, 1.54) is 18.2 Å². The number of halogens is 2. The molecule has 0 spiro atoms. The Morgan fingerprint density at radius 2 is 1.55 bits per heavy atom. The fraction of sp³-hybridized carbons (Fsp3) is 0.0952. The summed E-state index contributed by atoms with van der Waals surface area (Å²) in [6, 6.07) is 17.2. The maximum Gasteiger partial charge on any atom is 0.242 e. The molecule has 0 aliphatic carbocycles. The first kappa shape index (κ1) is 20.6. The lowest BCUT2D eigenvalue weighted by Crippen LogP contribution is -2.45. The summed E-state index contributed by atoms with van der Waals surface area (Å²) in [7, 11) is -4.09. The van der Waals surface area contributed by atoms with Gasteiger partial charge in [-0.05, 0) is 54.4 Å². The van der Waals surface area contributed by atoms with E-state index in [9.17, 15) is 22.0 Å². The lowest BCUT2D eigenvalue weighted by Gasteiger charge is -2.19. The second kappa shape index (κ2) is 8.93. The van der Waals surface area contributed by atoms with Gasteiger partial charge in [0.1, 0.15) is 17.7 Å². The van der Waals surface area contributed by atoms with E-state index >= 15 is 0 Å². The number of sulfonamides is 1. The van der Waals surface area contributed by atoms with E-state index in [0.29, 0.717) is 0 Å². The average Bonchev–Trinajstić information content (AvgIpc) is 2.68. The third kappa shape index (κ3) is 5.69. The number of benzene rings is 3. The first-order valence-electron chi connectivity index (χ1n) is 8.72. The first-order valence-corrected chi connectivity index (χ1v) is 10.2. The van der Waals surface area contributed by atoms with Crippen molar-refractivity contribution in [2.75, 3.05) is 5.32 Å². The van der Waals surface area contributed by atoms with Gasteiger partial charge in [0.2, 0.25) is 15.9 Å². The molecule has 0 unspecified atom stereocenters. The minimum atomic E-state index is -4.09. The number of hydrogen-bond acceptors (Lipinski definition) is 3. The predicted molar refractivity (Wildman–Crippen MR) is 106 cm³/mol. The Morgan fingerprint density at radius 3 is 2.21 bits per heavy atom. The minimum absolute atomic E-state index is 0.0718. The van der Waals surface area contributed by atoms with E-state index in [0.717, 1.165) is 35.9 Å². The maximum absolute atomic E-state index is 13.4. The summed E-state index contributed by atoms with van der Waals surface area (Å²) < 4.78 is 54.2. The molecule has 0 fully saturated rings. The molecule has 0 heterocycles. The van der Waals surface area contributed by atoms with Crippen LogP contribution < -0.4 is 10.0 Å². The normalized spacial score (nSPS) is 12.3. The monoisotopic (exact) mass is 416 g/mol. The molecule has 1 atom stereocenters. The van der Waals surface area contributed by atoms with E-state index in [-0.39, 0.29) is 17.0 Å². The van der Waals surface area contributed by atoms with Crippen LogP contribution in [0.15, 0.2) is 83.8 Å². The zero-order chi connectivity index (χ0) is 20.9. The largest absolute Gasteiger partial charge is 0.325 e. The van der Waals surface area contributed by atoms with Crippen LogP contribution in [0.3, 0.4) is 0 Å². The van der Waals surface area contributed by atoms with Crippen molar-refractivity contribution in [2.24, 2.45) is 0 Å². The molecule has 5 nitrogen and oxygen atoms in total. The zero-order valence-electron chi connectivity index (χ0n) is 15.2. The highest BCUT2D eigenvalue weighted by molar-refractivity contribution is 7.89. The topological polar surface area (TPSA) is 75.3 Å². The number of hydrogen-bond donors (Lipinski definition) is 2. The van der Waals surface area contributed by atoms with Crippen molar-refractivity contribution in [3.63, 3.8) is 0 Å². The molecule has 3 aromatic carbocycles. The molecule has 0 saturated heterocycles. The third-order valence-electron chi connectivity index (χ3n) is 4.11. The fourth-order valence-electron chi connectivity index (χ4n) is 2.70. The van der Waals surface area contributed by atoms with Gasteiger partial charge in [0.05, 0.1) is 4.90 Å². The van der Waals surface area contributed by atoms with Crippen molar-refractivity contribution in [1.29, 1.82) is 0 Å². The zero-order valence-corrected chi connectivity index (χ0v) is 16.0. The summed E-state index contributed by atoms with van der Waals surface area (Å²) in [5.41, 5.74) is 0.933. The standard InChI is InChI=1S/C21H18F2N2O3S/c22-16-9-11-19(12-10-16)29(27,28)25-20(13-15-5-2-1-3-6-15)21(26)24-18-8-4-7-17(23)14-18/h1-12,14,20,25H,13H2,(H,24,26)/t20-/m1/s1. The number of carbonyl (C=O) groups is 1. The van der Waals surface area contributed by atoms with Crippen molar-refractivity contribution >= 4 is 21.6 Å². The van der Waals surface area contributed by atoms with Gasteiger partial charge in [-0.15, -0.1) is 0 Å². The minimum Gasteiger partial charge on any atom is -0.325 e. The molecule has 150 valence electrons. The second-order valence-electron chi connectivity index (χ2n) is 6.32. The molecule has 3 aromatic rings. The summed E-state index contributed by atoms with van der Waals surface area (Å²) in [6.07, 6.45) is 0.0718. The van der Waals surface area contributed by atoms with Gasteiger partial charge in [-0.2, -0.15) is 4.72 Å². The van der Waals surface area contributed by atoms with Crippen LogP contribution in [0.5, 0.6) is 0 Å². The predicted octanol–water partition coefficient (Wildman–Crippen LogP) is 3.49. The van der Waals surface area contributed by atoms with Crippen LogP contribution in [0.25, 0.3) is 0 Å². The molecule has 0 aliphatic rings. The van der Waals surface area contributed by atoms with E-state index < -0.39 is 33.6 Å². The summed E-state index contributed by atoms with van der Waals surface area (Å²) >= 11 is 0. The molecule has 29 heavy (non-hydrogen) atoms. The van der Waals surface area contributed by atoms with Crippen LogP contribution in [0, 0.1) is 11.6 Å². The van der Waals surface area contributed by atoms with Gasteiger partial charge in [-0.3, -0.25) is 4.79 Å². The van der Waals surface area contributed by atoms with Crippen LogP contribution in [0.2, 0.25) is 0 Å². The molecule has 3 rings (SSSR count). The number of nitrogens with one attached hydrogen (secondary N) is 2. The fourth-order valence-corrected chi connectivity index (χ4v) is 3.90. The molecular formula is C21H18F2N2O3S. The van der Waals surface area contributed by atoms with Crippen molar-refractivity contribution in [3.8, 4) is 0 Å². The first-order chi connectivity index (χ1) is 13.8. The number of anilines is 1. The highest BCUT2D eigenvalue weighted by atomic mass is 32.2. The molecule has 0 bridgehead atoms. The van der Waals surface area contributed by atoms with Gasteiger partial charge in [-0.1, -0.05) is 36.4 Å². The molecule has 0 aliphatic heterocycles. The lowest BCUT2D eigenvalue weighted by molar-refractivity contribution is -0.117. The maximum atomic E-state index is 13.4. The quantitative estimate of drug-likeness (QED) is 0.619. The average molecular weight is 416 g/mol. The van der Waals surface area contributed by atoms with Gasteiger partial charge in [0.15, 0.2) is 0 Å². The Kier molecular flexibility index (Phi) is 6.36. The van der Waals surface area contributed by atoms with Crippen LogP contribution in [-0.4, -0.2) is 20.4 Å². The van der Waals surface area contributed by atoms with Crippen molar-refractivity contribution < 1.29 is 22.0 Å². The van der Waals surface area contributed by atoms with Crippen molar-refractivity contribution in [1.82, 2.24) is 4.72 Å². The smallest absolute Gasteiger partial charge is 0.242 e. The summed E-state index contributed by atoms with van der Waals surface area (Å²) in [5, 5.41) is 2.52. The molecule has 2 N–H and O–H groups in total. The summed E-state index contributed by atoms with van der Waals surface area (Å²) in [4.78, 5) is 12.6. The Bertz CT molecular complexity index is 1090. The van der Waals surface area contributed by atoms with Gasteiger partial charge in [0.25, 0.3) is 0 Å². The second-order valence-corrected chi connectivity index (χ2v) is 8.03. The number of carbonyl (C=O) groups excluding carboxylic acids is 1. The summed E-state index contributed by atoms with van der Waals surface area (Å²) in [5.74, 6) is -1.76. The Labute approximate surface area is 167 Å². The van der Waals surface area contributed by atoms with Gasteiger partial charge in [-0.25, -0.2) is 17.2 Å². The molecular weight excluding hydrogens is 398 g/mol. The molecule has 1 amide bonds. The van der Waals surface area contributed by atoms with Crippen molar-refractivity contribution in [2.45, 2.75) is 17.4 Å². The lowest BCUT2D eigenvalue weighted by atomic mass is 10.1. The van der Waals surface area contributed by atoms with E-state index in [4.69, 9.17) is 0 Å². The van der Waals surface area contributed by atoms with E-state index in [2.05, 4.69) is 10.0 Å². The highest BCUT2D eigenvalue weighted by Gasteiger charge is 2.26. The van der Waals surface area contributed by atoms with E-state index in [1.807, 2.05) is 0 Å². The Balaban J connectivity index is 1.85. The Hall–Kier alpha value is -3.10. The van der Waals surface area contributed by atoms with Crippen LogP contribution in [-0.2, 0) is 21.2 Å².